The van der Waals surface area contributed by atoms with Gasteiger partial charge in [0.2, 0.25) is 5.91 Å². The number of nitrogens with one attached hydrogen (secondary N) is 1. The second-order valence-electron chi connectivity index (χ2n) is 8.55. The second-order valence-corrected chi connectivity index (χ2v) is 8.55. The Hall–Kier alpha value is -3.02. The van der Waals surface area contributed by atoms with E-state index in [-0.39, 0.29) is 24.5 Å². The molecule has 6 nitrogen and oxygen atoms in total. The van der Waals surface area contributed by atoms with Crippen molar-refractivity contribution in [1.29, 1.82) is 0 Å². The lowest BCUT2D eigenvalue weighted by molar-refractivity contribution is -0.142. The lowest BCUT2D eigenvalue weighted by atomic mass is 9.95. The first kappa shape index (κ1) is 24.6. The van der Waals surface area contributed by atoms with Crippen molar-refractivity contribution < 1.29 is 19.1 Å². The maximum atomic E-state index is 13.3. The number of ether oxygens (including phenoxy) is 2. The molecule has 1 saturated carbocycles. The summed E-state index contributed by atoms with van der Waals surface area (Å²) in [4.78, 5) is 28.1. The van der Waals surface area contributed by atoms with Gasteiger partial charge in [-0.2, -0.15) is 0 Å². The van der Waals surface area contributed by atoms with Crippen LogP contribution in [0.2, 0.25) is 0 Å². The smallest absolute Gasteiger partial charge is 0.261 e. The molecule has 1 N–H and O–H groups in total. The average Bonchev–Trinajstić information content (AvgIpc) is 2.86. The predicted octanol–water partition coefficient (Wildman–Crippen LogP) is 4.37. The van der Waals surface area contributed by atoms with Crippen LogP contribution < -0.4 is 14.8 Å². The number of rotatable bonds is 11. The first-order valence-electron chi connectivity index (χ1n) is 12.0. The molecule has 2 aromatic carbocycles. The van der Waals surface area contributed by atoms with E-state index in [0.717, 1.165) is 37.0 Å². The van der Waals surface area contributed by atoms with Crippen molar-refractivity contribution in [2.75, 3.05) is 20.3 Å². The van der Waals surface area contributed by atoms with E-state index >= 15 is 0 Å². The third kappa shape index (κ3) is 7.52. The van der Waals surface area contributed by atoms with E-state index in [1.807, 2.05) is 37.3 Å². The highest BCUT2D eigenvalue weighted by Gasteiger charge is 2.30. The largest absolute Gasteiger partial charge is 0.497 e. The SMILES string of the molecule is CC[C@H](C(=O)NC1CCCCC1)N(CCc1ccccc1)C(=O)COc1ccc(OC)cc1. The Bertz CT molecular complexity index is 863. The minimum absolute atomic E-state index is 0.0599. The highest BCUT2D eigenvalue weighted by Crippen LogP contribution is 2.19. The predicted molar refractivity (Wildman–Crippen MR) is 129 cm³/mol. The van der Waals surface area contributed by atoms with Gasteiger partial charge in [-0.1, -0.05) is 56.5 Å². The van der Waals surface area contributed by atoms with Gasteiger partial charge in [-0.3, -0.25) is 9.59 Å². The lowest BCUT2D eigenvalue weighted by Crippen LogP contribution is -2.53. The zero-order chi connectivity index (χ0) is 23.5. The van der Waals surface area contributed by atoms with Gasteiger partial charge in [-0.25, -0.2) is 0 Å². The molecule has 0 bridgehead atoms. The molecular formula is C27H36N2O4. The number of carbonyl (C=O) groups is 2. The molecule has 0 saturated heterocycles. The van der Waals surface area contributed by atoms with E-state index in [9.17, 15) is 9.59 Å². The van der Waals surface area contributed by atoms with Crippen LogP contribution in [0.4, 0.5) is 0 Å². The summed E-state index contributed by atoms with van der Waals surface area (Å²) in [7, 11) is 1.60. The summed E-state index contributed by atoms with van der Waals surface area (Å²) in [5, 5.41) is 3.20. The highest BCUT2D eigenvalue weighted by atomic mass is 16.5. The summed E-state index contributed by atoms with van der Waals surface area (Å²) >= 11 is 0. The third-order valence-corrected chi connectivity index (χ3v) is 6.24. The summed E-state index contributed by atoms with van der Waals surface area (Å²) in [5.74, 6) is 1.07. The van der Waals surface area contributed by atoms with Gasteiger partial charge < -0.3 is 19.7 Å². The topological polar surface area (TPSA) is 67.9 Å². The molecule has 0 aromatic heterocycles. The monoisotopic (exact) mass is 452 g/mol. The van der Waals surface area contributed by atoms with E-state index in [1.165, 1.54) is 6.42 Å². The van der Waals surface area contributed by atoms with Crippen LogP contribution in [0.5, 0.6) is 11.5 Å². The van der Waals surface area contributed by atoms with E-state index in [1.54, 1.807) is 36.3 Å². The first-order chi connectivity index (χ1) is 16.1. The fourth-order valence-electron chi connectivity index (χ4n) is 4.34. The quantitative estimate of drug-likeness (QED) is 0.550. The van der Waals surface area contributed by atoms with Gasteiger partial charge in [0.1, 0.15) is 17.5 Å². The molecule has 1 aliphatic carbocycles. The van der Waals surface area contributed by atoms with Crippen LogP contribution in [0.3, 0.4) is 0 Å². The van der Waals surface area contributed by atoms with Crippen molar-refractivity contribution in [2.45, 2.75) is 64.0 Å². The van der Waals surface area contributed by atoms with E-state index in [4.69, 9.17) is 9.47 Å². The third-order valence-electron chi connectivity index (χ3n) is 6.24. The Morgan fingerprint density at radius 1 is 1.00 bits per heavy atom. The molecule has 2 amide bonds. The molecular weight excluding hydrogens is 416 g/mol. The van der Waals surface area contributed by atoms with Crippen molar-refractivity contribution >= 4 is 11.8 Å². The van der Waals surface area contributed by atoms with Crippen molar-refractivity contribution in [3.05, 3.63) is 60.2 Å². The molecule has 1 fully saturated rings. The summed E-state index contributed by atoms with van der Waals surface area (Å²) in [6.07, 6.45) is 6.79. The molecule has 0 aliphatic heterocycles. The van der Waals surface area contributed by atoms with Gasteiger partial charge in [0.05, 0.1) is 7.11 Å². The Morgan fingerprint density at radius 2 is 1.67 bits per heavy atom. The number of hydrogen-bond acceptors (Lipinski definition) is 4. The number of carbonyl (C=O) groups excluding carboxylic acids is 2. The zero-order valence-electron chi connectivity index (χ0n) is 19.8. The molecule has 2 aromatic rings. The van der Waals surface area contributed by atoms with E-state index in [2.05, 4.69) is 5.32 Å². The van der Waals surface area contributed by atoms with Gasteiger partial charge in [0.15, 0.2) is 6.61 Å². The number of amides is 2. The van der Waals surface area contributed by atoms with Crippen LogP contribution in [0, 0.1) is 0 Å². The van der Waals surface area contributed by atoms with Gasteiger partial charge >= 0.3 is 0 Å². The summed E-state index contributed by atoms with van der Waals surface area (Å²) in [5.41, 5.74) is 1.13. The van der Waals surface area contributed by atoms with Crippen LogP contribution in [-0.2, 0) is 16.0 Å². The van der Waals surface area contributed by atoms with Crippen molar-refractivity contribution in [3.63, 3.8) is 0 Å². The van der Waals surface area contributed by atoms with Crippen LogP contribution in [0.1, 0.15) is 51.0 Å². The Balaban J connectivity index is 1.68. The fourth-order valence-corrected chi connectivity index (χ4v) is 4.34. The summed E-state index contributed by atoms with van der Waals surface area (Å²) < 4.78 is 10.9. The van der Waals surface area contributed by atoms with Gasteiger partial charge in [-0.15, -0.1) is 0 Å². The van der Waals surface area contributed by atoms with E-state index < -0.39 is 6.04 Å². The second kappa shape index (κ2) is 12.9. The van der Waals surface area contributed by atoms with Crippen LogP contribution in [0.25, 0.3) is 0 Å². The van der Waals surface area contributed by atoms with Gasteiger partial charge in [0, 0.05) is 12.6 Å². The Labute approximate surface area is 197 Å². The summed E-state index contributed by atoms with van der Waals surface area (Å²) in [6, 6.07) is 16.9. The molecule has 0 unspecified atom stereocenters. The van der Waals surface area contributed by atoms with E-state index in [0.29, 0.717) is 25.1 Å². The van der Waals surface area contributed by atoms with Crippen LogP contribution >= 0.6 is 0 Å². The zero-order valence-corrected chi connectivity index (χ0v) is 19.8. The maximum absolute atomic E-state index is 13.3. The van der Waals surface area contributed by atoms with Crippen molar-refractivity contribution in [2.24, 2.45) is 0 Å². The minimum atomic E-state index is -0.511. The molecule has 6 heteroatoms. The molecule has 1 atom stereocenters. The molecule has 33 heavy (non-hydrogen) atoms. The maximum Gasteiger partial charge on any atom is 0.261 e. The summed E-state index contributed by atoms with van der Waals surface area (Å²) in [6.45, 7) is 2.30. The standard InChI is InChI=1S/C27H36N2O4/c1-3-25(27(31)28-22-12-8-5-9-13-22)29(19-18-21-10-6-4-7-11-21)26(30)20-33-24-16-14-23(32-2)15-17-24/h4,6-7,10-11,14-17,22,25H,3,5,8-9,12-13,18-20H2,1-2H3,(H,28,31)/t25-/m1/s1. The van der Waals surface area contributed by atoms with Gasteiger partial charge in [0.25, 0.3) is 5.91 Å². The minimum Gasteiger partial charge on any atom is -0.497 e. The number of hydrogen-bond donors (Lipinski definition) is 1. The Morgan fingerprint density at radius 3 is 2.30 bits per heavy atom. The molecule has 0 heterocycles. The van der Waals surface area contributed by atoms with Crippen molar-refractivity contribution in [1.82, 2.24) is 10.2 Å². The number of benzene rings is 2. The molecule has 178 valence electrons. The fraction of sp³-hybridized carbons (Fsp3) is 0.481. The molecule has 0 radical (unpaired) electrons. The number of nitrogens with zero attached hydrogens (tertiary/aromatic N) is 1. The lowest BCUT2D eigenvalue weighted by Gasteiger charge is -2.32. The first-order valence-corrected chi connectivity index (χ1v) is 12.0. The highest BCUT2D eigenvalue weighted by molar-refractivity contribution is 5.88. The average molecular weight is 453 g/mol. The number of methoxy groups -OCH3 is 1. The molecule has 3 rings (SSSR count). The van der Waals surface area contributed by atoms with Gasteiger partial charge in [-0.05, 0) is 55.5 Å². The van der Waals surface area contributed by atoms with Crippen LogP contribution in [0.15, 0.2) is 54.6 Å². The van der Waals surface area contributed by atoms with Crippen molar-refractivity contribution in [3.8, 4) is 11.5 Å². The molecule has 1 aliphatic rings. The van der Waals surface area contributed by atoms with Crippen LogP contribution in [-0.4, -0.2) is 49.1 Å². The normalized spacial score (nSPS) is 14.8. The Kier molecular flexibility index (Phi) is 9.60. The molecule has 0 spiro atoms.